The topological polar surface area (TPSA) is 32.3 Å². The Hall–Kier alpha value is -0.220. The van der Waals surface area contributed by atoms with E-state index in [9.17, 15) is 4.79 Å². The number of nitrogens with one attached hydrogen (secondary N) is 1. The Kier molecular flexibility index (Phi) is 4.36. The Morgan fingerprint density at radius 3 is 2.82 bits per heavy atom. The van der Waals surface area contributed by atoms with Crippen LogP contribution in [0.3, 0.4) is 0 Å². The number of thioether (sulfide) groups is 1. The number of carbonyl (C=O) groups excluding carboxylic acids is 1. The van der Waals surface area contributed by atoms with Gasteiger partial charge in [-0.25, -0.2) is 0 Å². The lowest BCUT2D eigenvalue weighted by atomic mass is 10.1. The van der Waals surface area contributed by atoms with E-state index in [1.807, 2.05) is 11.8 Å². The fraction of sp³-hybridized carbons (Fsp3) is 0.923. The van der Waals surface area contributed by atoms with Crippen LogP contribution in [-0.4, -0.2) is 40.6 Å². The van der Waals surface area contributed by atoms with Gasteiger partial charge >= 0.3 is 0 Å². The molecule has 1 saturated carbocycles. The van der Waals surface area contributed by atoms with Crippen molar-refractivity contribution in [1.82, 2.24) is 10.2 Å². The first-order chi connectivity index (χ1) is 8.17. The number of nitrogens with zero attached hydrogens (tertiary/aromatic N) is 1. The molecule has 1 aliphatic heterocycles. The van der Waals surface area contributed by atoms with Gasteiger partial charge in [0.2, 0.25) is 5.91 Å². The second-order valence-electron chi connectivity index (χ2n) is 5.25. The third-order valence-corrected chi connectivity index (χ3v) is 5.17. The Bertz CT molecular complexity index is 285. The minimum Gasteiger partial charge on any atom is -0.323 e. The highest BCUT2D eigenvalue weighted by Gasteiger charge is 2.42. The van der Waals surface area contributed by atoms with Crippen molar-refractivity contribution in [3.63, 3.8) is 0 Å². The highest BCUT2D eigenvalue weighted by atomic mass is 32.2. The maximum Gasteiger partial charge on any atom is 0.241 e. The molecule has 1 aliphatic carbocycles. The van der Waals surface area contributed by atoms with Crippen molar-refractivity contribution < 1.29 is 4.79 Å². The first kappa shape index (κ1) is 13.2. The fourth-order valence-electron chi connectivity index (χ4n) is 3.19. The summed E-state index contributed by atoms with van der Waals surface area (Å²) in [4.78, 5) is 14.5. The number of carbonyl (C=O) groups is 1. The lowest BCUT2D eigenvalue weighted by Gasteiger charge is -2.28. The molecule has 3 nitrogen and oxygen atoms in total. The third kappa shape index (κ3) is 2.63. The standard InChI is InChI=1S/C13H24N2OS/c1-4-5-12-13(16)15(9(2)14-12)10-6-7-11(8-10)17-3/h9-12,14H,4-8H2,1-3H3. The van der Waals surface area contributed by atoms with Crippen LogP contribution >= 0.6 is 11.8 Å². The molecule has 1 heterocycles. The van der Waals surface area contributed by atoms with E-state index in [0.717, 1.165) is 18.1 Å². The average molecular weight is 256 g/mol. The van der Waals surface area contributed by atoms with Crippen molar-refractivity contribution >= 4 is 17.7 Å². The van der Waals surface area contributed by atoms with Crippen LogP contribution < -0.4 is 5.32 Å². The molecule has 1 N–H and O–H groups in total. The van der Waals surface area contributed by atoms with Crippen molar-refractivity contribution in [2.75, 3.05) is 6.26 Å². The Labute approximate surface area is 109 Å². The monoisotopic (exact) mass is 256 g/mol. The van der Waals surface area contributed by atoms with E-state index in [1.54, 1.807) is 0 Å². The molecular formula is C13H24N2OS. The van der Waals surface area contributed by atoms with Crippen molar-refractivity contribution in [2.24, 2.45) is 0 Å². The summed E-state index contributed by atoms with van der Waals surface area (Å²) in [6.07, 6.45) is 8.08. The molecule has 0 aromatic rings. The van der Waals surface area contributed by atoms with E-state index in [1.165, 1.54) is 19.3 Å². The predicted molar refractivity (Wildman–Crippen MR) is 73.1 cm³/mol. The van der Waals surface area contributed by atoms with Crippen LogP contribution in [0, 0.1) is 0 Å². The molecule has 0 aromatic carbocycles. The van der Waals surface area contributed by atoms with Gasteiger partial charge in [-0.05, 0) is 38.9 Å². The van der Waals surface area contributed by atoms with Gasteiger partial charge in [0, 0.05) is 11.3 Å². The lowest BCUT2D eigenvalue weighted by molar-refractivity contribution is -0.132. The van der Waals surface area contributed by atoms with Crippen molar-refractivity contribution in [2.45, 2.75) is 69.5 Å². The molecule has 0 bridgehead atoms. The van der Waals surface area contributed by atoms with Gasteiger partial charge < -0.3 is 4.90 Å². The molecule has 0 radical (unpaired) electrons. The van der Waals surface area contributed by atoms with Crippen LogP contribution in [-0.2, 0) is 4.79 Å². The van der Waals surface area contributed by atoms with Crippen LogP contribution in [0.15, 0.2) is 0 Å². The minimum atomic E-state index is 0.0725. The van der Waals surface area contributed by atoms with Crippen molar-refractivity contribution in [1.29, 1.82) is 0 Å². The largest absolute Gasteiger partial charge is 0.323 e. The van der Waals surface area contributed by atoms with E-state index >= 15 is 0 Å². The molecule has 4 atom stereocenters. The quantitative estimate of drug-likeness (QED) is 0.837. The number of rotatable bonds is 4. The van der Waals surface area contributed by atoms with E-state index in [2.05, 4.69) is 30.3 Å². The average Bonchev–Trinajstić information content (AvgIpc) is 2.86. The molecule has 98 valence electrons. The summed E-state index contributed by atoms with van der Waals surface area (Å²) in [5.41, 5.74) is 0. The highest BCUT2D eigenvalue weighted by molar-refractivity contribution is 7.99. The zero-order valence-electron chi connectivity index (χ0n) is 11.1. The van der Waals surface area contributed by atoms with Gasteiger partial charge in [-0.1, -0.05) is 13.3 Å². The van der Waals surface area contributed by atoms with Crippen molar-refractivity contribution in [3.05, 3.63) is 0 Å². The highest BCUT2D eigenvalue weighted by Crippen LogP contribution is 2.34. The van der Waals surface area contributed by atoms with Gasteiger partial charge in [-0.15, -0.1) is 0 Å². The minimum absolute atomic E-state index is 0.0725. The molecule has 2 fully saturated rings. The van der Waals surface area contributed by atoms with Gasteiger partial charge in [-0.3, -0.25) is 10.1 Å². The van der Waals surface area contributed by atoms with Crippen LogP contribution in [0.4, 0.5) is 0 Å². The third-order valence-electron chi connectivity index (χ3n) is 4.07. The summed E-state index contributed by atoms with van der Waals surface area (Å²) in [6.45, 7) is 4.27. The smallest absolute Gasteiger partial charge is 0.241 e. The Balaban J connectivity index is 1.99. The van der Waals surface area contributed by atoms with E-state index < -0.39 is 0 Å². The summed E-state index contributed by atoms with van der Waals surface area (Å²) in [5, 5.41) is 4.19. The normalized spacial score (nSPS) is 38.1. The summed E-state index contributed by atoms with van der Waals surface area (Å²) in [7, 11) is 0. The second kappa shape index (κ2) is 5.61. The first-order valence-electron chi connectivity index (χ1n) is 6.78. The molecule has 17 heavy (non-hydrogen) atoms. The molecule has 2 aliphatic rings. The SMILES string of the molecule is CCCC1NC(C)N(C2CCC(SC)C2)C1=O. The van der Waals surface area contributed by atoms with Gasteiger partial charge in [0.15, 0.2) is 0 Å². The van der Waals surface area contributed by atoms with Crippen LogP contribution in [0.5, 0.6) is 0 Å². The number of hydrogen-bond donors (Lipinski definition) is 1. The van der Waals surface area contributed by atoms with Gasteiger partial charge in [0.05, 0.1) is 12.2 Å². The van der Waals surface area contributed by atoms with Crippen LogP contribution in [0.2, 0.25) is 0 Å². The first-order valence-corrected chi connectivity index (χ1v) is 8.07. The summed E-state index contributed by atoms with van der Waals surface area (Å²) in [6, 6.07) is 0.549. The maximum absolute atomic E-state index is 12.3. The number of hydrogen-bond acceptors (Lipinski definition) is 3. The summed E-state index contributed by atoms with van der Waals surface area (Å²) >= 11 is 1.95. The van der Waals surface area contributed by atoms with Gasteiger partial charge in [-0.2, -0.15) is 11.8 Å². The molecule has 4 unspecified atom stereocenters. The maximum atomic E-state index is 12.3. The van der Waals surface area contributed by atoms with Crippen molar-refractivity contribution in [3.8, 4) is 0 Å². The van der Waals surface area contributed by atoms with E-state index in [4.69, 9.17) is 0 Å². The fourth-order valence-corrected chi connectivity index (χ4v) is 3.98. The van der Waals surface area contributed by atoms with Crippen LogP contribution in [0.1, 0.15) is 46.0 Å². The summed E-state index contributed by atoms with van der Waals surface area (Å²) in [5.74, 6) is 0.339. The molecule has 1 amide bonds. The second-order valence-corrected chi connectivity index (χ2v) is 6.39. The molecule has 0 spiro atoms. The molecule has 2 rings (SSSR count). The number of amides is 1. The Morgan fingerprint density at radius 2 is 2.24 bits per heavy atom. The molecule has 0 aromatic heterocycles. The molecule has 1 saturated heterocycles. The van der Waals surface area contributed by atoms with E-state index in [0.29, 0.717) is 11.9 Å². The summed E-state index contributed by atoms with van der Waals surface area (Å²) < 4.78 is 0. The zero-order valence-corrected chi connectivity index (χ0v) is 11.9. The lowest BCUT2D eigenvalue weighted by Crippen LogP contribution is -2.42. The van der Waals surface area contributed by atoms with E-state index in [-0.39, 0.29) is 12.2 Å². The van der Waals surface area contributed by atoms with Gasteiger partial charge in [0.25, 0.3) is 0 Å². The van der Waals surface area contributed by atoms with Crippen LogP contribution in [0.25, 0.3) is 0 Å². The van der Waals surface area contributed by atoms with Gasteiger partial charge in [0.1, 0.15) is 0 Å². The zero-order chi connectivity index (χ0) is 12.4. The predicted octanol–water partition coefficient (Wildman–Crippen LogP) is 2.22. The molecule has 4 heteroatoms. The Morgan fingerprint density at radius 1 is 1.47 bits per heavy atom. The molecular weight excluding hydrogens is 232 g/mol.